The highest BCUT2D eigenvalue weighted by Crippen LogP contribution is 2.01. The van der Waals surface area contributed by atoms with E-state index >= 15 is 0 Å². The van der Waals surface area contributed by atoms with Gasteiger partial charge in [0.15, 0.2) is 0 Å². The highest BCUT2D eigenvalue weighted by atomic mass is 16.4. The molecular formula is C20H32O3. The lowest BCUT2D eigenvalue weighted by molar-refractivity contribution is -0.137. The highest BCUT2D eigenvalue weighted by Gasteiger charge is 2.02. The first-order valence-electron chi connectivity index (χ1n) is 8.68. The Labute approximate surface area is 141 Å². The van der Waals surface area contributed by atoms with Crippen LogP contribution in [0.5, 0.6) is 0 Å². The predicted octanol–water partition coefficient (Wildman–Crippen LogP) is 5.19. The molecular weight excluding hydrogens is 288 g/mol. The van der Waals surface area contributed by atoms with Gasteiger partial charge in [-0.1, -0.05) is 68.4 Å². The van der Waals surface area contributed by atoms with E-state index in [9.17, 15) is 9.90 Å². The maximum absolute atomic E-state index is 10.3. The molecule has 3 heteroatoms. The molecule has 2 N–H and O–H groups in total. The first-order valence-corrected chi connectivity index (χ1v) is 8.68. The lowest BCUT2D eigenvalue weighted by Crippen LogP contribution is -2.05. The van der Waals surface area contributed by atoms with E-state index < -0.39 is 12.1 Å². The van der Waals surface area contributed by atoms with Crippen molar-refractivity contribution in [2.75, 3.05) is 0 Å². The molecule has 0 aliphatic heterocycles. The maximum Gasteiger partial charge on any atom is 0.303 e. The normalized spacial score (nSPS) is 13.8. The van der Waals surface area contributed by atoms with Crippen molar-refractivity contribution in [3.8, 4) is 0 Å². The van der Waals surface area contributed by atoms with Gasteiger partial charge in [-0.15, -0.1) is 0 Å². The smallest absolute Gasteiger partial charge is 0.303 e. The van der Waals surface area contributed by atoms with E-state index in [0.717, 1.165) is 19.3 Å². The van der Waals surface area contributed by atoms with Gasteiger partial charge in [-0.2, -0.15) is 0 Å². The van der Waals surface area contributed by atoms with Crippen LogP contribution in [0, 0.1) is 0 Å². The van der Waals surface area contributed by atoms with E-state index in [1.807, 2.05) is 12.2 Å². The lowest BCUT2D eigenvalue weighted by Gasteiger charge is -2.01. The molecule has 0 aromatic rings. The number of aliphatic carboxylic acids is 1. The molecule has 0 fully saturated rings. The molecule has 0 saturated carbocycles. The summed E-state index contributed by atoms with van der Waals surface area (Å²) in [6.45, 7) is 2.22. The zero-order valence-corrected chi connectivity index (χ0v) is 14.4. The minimum absolute atomic E-state index is 0.000803. The molecule has 3 nitrogen and oxygen atoms in total. The van der Waals surface area contributed by atoms with Crippen molar-refractivity contribution in [3.63, 3.8) is 0 Å². The molecule has 0 radical (unpaired) electrons. The molecule has 0 aliphatic carbocycles. The van der Waals surface area contributed by atoms with Crippen molar-refractivity contribution in [2.45, 2.75) is 70.8 Å². The zero-order valence-electron chi connectivity index (χ0n) is 14.4. The largest absolute Gasteiger partial charge is 0.481 e. The van der Waals surface area contributed by atoms with Crippen molar-refractivity contribution in [2.24, 2.45) is 0 Å². The third-order valence-electron chi connectivity index (χ3n) is 3.30. The van der Waals surface area contributed by atoms with Gasteiger partial charge in [0.2, 0.25) is 0 Å². The van der Waals surface area contributed by atoms with Gasteiger partial charge in [0.25, 0.3) is 0 Å². The summed E-state index contributed by atoms with van der Waals surface area (Å²) < 4.78 is 0. The minimum Gasteiger partial charge on any atom is -0.481 e. The Hall–Kier alpha value is -1.61. The van der Waals surface area contributed by atoms with E-state index in [0.29, 0.717) is 0 Å². The molecule has 1 atom stereocenters. The summed E-state index contributed by atoms with van der Waals surface area (Å²) in [7, 11) is 0. The summed E-state index contributed by atoms with van der Waals surface area (Å²) in [6, 6.07) is 0. The molecule has 0 aromatic carbocycles. The molecule has 0 amide bonds. The summed E-state index contributed by atoms with van der Waals surface area (Å²) in [4.78, 5) is 10.3. The quantitative estimate of drug-likeness (QED) is 0.342. The van der Waals surface area contributed by atoms with Crippen LogP contribution in [-0.2, 0) is 4.79 Å². The van der Waals surface area contributed by atoms with Gasteiger partial charge in [0, 0.05) is 6.42 Å². The van der Waals surface area contributed by atoms with Crippen LogP contribution in [0.1, 0.15) is 64.7 Å². The fourth-order valence-corrected chi connectivity index (χ4v) is 1.95. The Morgan fingerprint density at radius 3 is 2.04 bits per heavy atom. The van der Waals surface area contributed by atoms with Crippen molar-refractivity contribution in [1.82, 2.24) is 0 Å². The monoisotopic (exact) mass is 320 g/mol. The Bertz CT molecular complexity index is 392. The van der Waals surface area contributed by atoms with Crippen molar-refractivity contribution in [1.29, 1.82) is 0 Å². The second kappa shape index (κ2) is 16.8. The third kappa shape index (κ3) is 18.3. The van der Waals surface area contributed by atoms with Crippen LogP contribution in [-0.4, -0.2) is 22.3 Å². The zero-order chi connectivity index (χ0) is 17.2. The first-order chi connectivity index (χ1) is 11.2. The molecule has 0 saturated heterocycles. The molecule has 0 aromatic heterocycles. The molecule has 0 rings (SSSR count). The van der Waals surface area contributed by atoms with Crippen LogP contribution in [0.25, 0.3) is 0 Å². The number of unbranched alkanes of at least 4 members (excludes halogenated alkanes) is 3. The van der Waals surface area contributed by atoms with E-state index in [2.05, 4.69) is 37.3 Å². The van der Waals surface area contributed by atoms with E-state index in [1.165, 1.54) is 25.7 Å². The summed E-state index contributed by atoms with van der Waals surface area (Å²) >= 11 is 0. The van der Waals surface area contributed by atoms with Gasteiger partial charge < -0.3 is 10.2 Å². The topological polar surface area (TPSA) is 57.5 Å². The fourth-order valence-electron chi connectivity index (χ4n) is 1.95. The molecule has 1 unspecified atom stereocenters. The number of hydrogen-bond donors (Lipinski definition) is 2. The fraction of sp³-hybridized carbons (Fsp3) is 0.550. The van der Waals surface area contributed by atoms with E-state index in [4.69, 9.17) is 5.11 Å². The summed E-state index contributed by atoms with van der Waals surface area (Å²) in [5, 5.41) is 18.0. The summed E-state index contributed by atoms with van der Waals surface area (Å²) in [5.41, 5.74) is 0. The van der Waals surface area contributed by atoms with Gasteiger partial charge >= 0.3 is 5.97 Å². The number of carbonyl (C=O) groups is 1. The van der Waals surface area contributed by atoms with Crippen LogP contribution >= 0.6 is 0 Å². The number of hydrogen-bond acceptors (Lipinski definition) is 2. The maximum atomic E-state index is 10.3. The molecule has 0 spiro atoms. The lowest BCUT2D eigenvalue weighted by atomic mass is 10.1. The number of aliphatic hydroxyl groups is 1. The Morgan fingerprint density at radius 2 is 1.48 bits per heavy atom. The molecule has 0 heterocycles. The van der Waals surface area contributed by atoms with E-state index in [-0.39, 0.29) is 12.8 Å². The van der Waals surface area contributed by atoms with Gasteiger partial charge in [-0.25, -0.2) is 0 Å². The van der Waals surface area contributed by atoms with Crippen LogP contribution in [0.4, 0.5) is 0 Å². The SMILES string of the molecule is CCCCC/C=C\C/C=C\C/C=C\C/C=C\C(O)CCC(=O)O. The number of carboxylic acid groups (broad SMARTS) is 1. The number of rotatable bonds is 14. The first kappa shape index (κ1) is 21.4. The molecule has 0 aliphatic rings. The second-order valence-electron chi connectivity index (χ2n) is 5.55. The predicted molar refractivity (Wildman–Crippen MR) is 97.4 cm³/mol. The number of allylic oxidation sites excluding steroid dienone is 7. The number of carboxylic acids is 1. The highest BCUT2D eigenvalue weighted by molar-refractivity contribution is 5.66. The summed E-state index contributed by atoms with van der Waals surface area (Å²) in [5.74, 6) is -0.875. The average molecular weight is 320 g/mol. The Kier molecular flexibility index (Phi) is 15.6. The van der Waals surface area contributed by atoms with Crippen molar-refractivity contribution >= 4 is 5.97 Å². The Morgan fingerprint density at radius 1 is 0.913 bits per heavy atom. The van der Waals surface area contributed by atoms with E-state index in [1.54, 1.807) is 6.08 Å². The van der Waals surface area contributed by atoms with Crippen LogP contribution < -0.4 is 0 Å². The van der Waals surface area contributed by atoms with Gasteiger partial charge in [0.05, 0.1) is 6.10 Å². The van der Waals surface area contributed by atoms with Crippen molar-refractivity contribution in [3.05, 3.63) is 48.6 Å². The minimum atomic E-state index is -0.875. The van der Waals surface area contributed by atoms with Crippen LogP contribution in [0.15, 0.2) is 48.6 Å². The van der Waals surface area contributed by atoms with Crippen LogP contribution in [0.2, 0.25) is 0 Å². The molecule has 0 bridgehead atoms. The standard InChI is InChI=1S/C20H32O3/c1-2-3-4-5-6-7-8-9-10-11-12-13-14-15-16-19(21)17-18-20(22)23/h6-7,9-10,12-13,15-16,19,21H,2-5,8,11,14,17-18H2,1H3,(H,22,23)/b7-6-,10-9-,13-12-,16-15-. The molecule has 23 heavy (non-hydrogen) atoms. The number of aliphatic hydroxyl groups excluding tert-OH is 1. The van der Waals surface area contributed by atoms with Crippen molar-refractivity contribution < 1.29 is 15.0 Å². The third-order valence-corrected chi connectivity index (χ3v) is 3.30. The van der Waals surface area contributed by atoms with Crippen LogP contribution in [0.3, 0.4) is 0 Å². The average Bonchev–Trinajstić information content (AvgIpc) is 2.53. The summed E-state index contributed by atoms with van der Waals surface area (Å²) in [6.07, 6.45) is 23.8. The van der Waals surface area contributed by atoms with Gasteiger partial charge in [0.1, 0.15) is 0 Å². The molecule has 130 valence electrons. The van der Waals surface area contributed by atoms with Gasteiger partial charge in [-0.05, 0) is 38.5 Å². The Balaban J connectivity index is 3.55. The second-order valence-corrected chi connectivity index (χ2v) is 5.55. The van der Waals surface area contributed by atoms with Gasteiger partial charge in [-0.3, -0.25) is 4.79 Å².